The van der Waals surface area contributed by atoms with Gasteiger partial charge in [0, 0.05) is 6.08 Å². The van der Waals surface area contributed by atoms with Gasteiger partial charge in [-0.15, -0.1) is 0 Å². The standard InChI is InChI=1S/C10H19NO2/c1-9(8-11)6-4-3-5-7-10(12)13-2/h5,7,9H,3-4,6,8,11H2,1-2H3/b7-5+. The van der Waals surface area contributed by atoms with Crippen LogP contribution in [0.25, 0.3) is 0 Å². The maximum Gasteiger partial charge on any atom is 0.330 e. The first-order valence-electron chi connectivity index (χ1n) is 4.65. The second-order valence-electron chi connectivity index (χ2n) is 3.20. The molecule has 0 heterocycles. The van der Waals surface area contributed by atoms with Gasteiger partial charge >= 0.3 is 5.97 Å². The summed E-state index contributed by atoms with van der Waals surface area (Å²) in [6.07, 6.45) is 6.41. The van der Waals surface area contributed by atoms with Gasteiger partial charge in [-0.2, -0.15) is 0 Å². The van der Waals surface area contributed by atoms with E-state index in [2.05, 4.69) is 11.7 Å². The molecule has 1 atom stereocenters. The lowest BCUT2D eigenvalue weighted by Gasteiger charge is -2.05. The number of unbranched alkanes of at least 4 members (excludes halogenated alkanes) is 1. The molecule has 13 heavy (non-hydrogen) atoms. The Hall–Kier alpha value is -0.830. The van der Waals surface area contributed by atoms with Crippen molar-refractivity contribution < 1.29 is 9.53 Å². The second kappa shape index (κ2) is 7.80. The molecular weight excluding hydrogens is 166 g/mol. The molecule has 0 saturated heterocycles. The van der Waals surface area contributed by atoms with Crippen LogP contribution < -0.4 is 5.73 Å². The third-order valence-corrected chi connectivity index (χ3v) is 1.93. The minimum Gasteiger partial charge on any atom is -0.466 e. The third kappa shape index (κ3) is 7.53. The van der Waals surface area contributed by atoms with E-state index in [0.29, 0.717) is 5.92 Å². The monoisotopic (exact) mass is 185 g/mol. The van der Waals surface area contributed by atoms with Gasteiger partial charge in [0.15, 0.2) is 0 Å². The van der Waals surface area contributed by atoms with Gasteiger partial charge in [-0.05, 0) is 31.7 Å². The molecule has 0 fully saturated rings. The van der Waals surface area contributed by atoms with E-state index in [9.17, 15) is 4.79 Å². The number of rotatable bonds is 6. The maximum absolute atomic E-state index is 10.6. The number of nitrogens with two attached hydrogens (primary N) is 1. The molecule has 0 aromatic carbocycles. The molecule has 76 valence electrons. The lowest BCUT2D eigenvalue weighted by molar-refractivity contribution is -0.134. The van der Waals surface area contributed by atoms with Crippen molar-refractivity contribution in [2.24, 2.45) is 11.7 Å². The van der Waals surface area contributed by atoms with Crippen molar-refractivity contribution in [2.45, 2.75) is 26.2 Å². The van der Waals surface area contributed by atoms with E-state index in [0.717, 1.165) is 25.8 Å². The molecule has 0 aliphatic rings. The van der Waals surface area contributed by atoms with E-state index in [1.54, 1.807) is 0 Å². The number of methoxy groups -OCH3 is 1. The maximum atomic E-state index is 10.6. The van der Waals surface area contributed by atoms with Crippen molar-refractivity contribution in [3.05, 3.63) is 12.2 Å². The summed E-state index contributed by atoms with van der Waals surface area (Å²) in [5, 5.41) is 0. The molecule has 0 amide bonds. The normalized spacial score (nSPS) is 13.2. The lowest BCUT2D eigenvalue weighted by atomic mass is 10.0. The highest BCUT2D eigenvalue weighted by atomic mass is 16.5. The molecule has 1 unspecified atom stereocenters. The fourth-order valence-corrected chi connectivity index (χ4v) is 0.950. The molecule has 0 radical (unpaired) electrons. The molecule has 3 nitrogen and oxygen atoms in total. The molecule has 0 aromatic rings. The van der Waals surface area contributed by atoms with Crippen LogP contribution in [0.5, 0.6) is 0 Å². The largest absolute Gasteiger partial charge is 0.466 e. The Morgan fingerprint density at radius 1 is 1.62 bits per heavy atom. The van der Waals surface area contributed by atoms with Crippen molar-refractivity contribution in [2.75, 3.05) is 13.7 Å². The molecule has 3 heteroatoms. The average molecular weight is 185 g/mol. The van der Waals surface area contributed by atoms with Crippen LogP contribution in [0.4, 0.5) is 0 Å². The van der Waals surface area contributed by atoms with Gasteiger partial charge in [-0.1, -0.05) is 13.0 Å². The van der Waals surface area contributed by atoms with E-state index in [1.165, 1.54) is 13.2 Å². The van der Waals surface area contributed by atoms with Gasteiger partial charge in [0.25, 0.3) is 0 Å². The zero-order valence-electron chi connectivity index (χ0n) is 8.45. The van der Waals surface area contributed by atoms with Crippen molar-refractivity contribution in [1.29, 1.82) is 0 Å². The second-order valence-corrected chi connectivity index (χ2v) is 3.20. The molecule has 0 saturated carbocycles. The van der Waals surface area contributed by atoms with Gasteiger partial charge in [0.1, 0.15) is 0 Å². The highest BCUT2D eigenvalue weighted by Crippen LogP contribution is 2.06. The van der Waals surface area contributed by atoms with Crippen molar-refractivity contribution in [3.8, 4) is 0 Å². The Kier molecular flexibility index (Phi) is 7.30. The molecule has 0 aliphatic heterocycles. The van der Waals surface area contributed by atoms with Gasteiger partial charge in [-0.25, -0.2) is 4.79 Å². The Bertz CT molecular complexity index is 166. The smallest absolute Gasteiger partial charge is 0.330 e. The number of carbonyl (C=O) groups excluding carboxylic acids is 1. The van der Waals surface area contributed by atoms with E-state index in [1.807, 2.05) is 6.08 Å². The van der Waals surface area contributed by atoms with Gasteiger partial charge < -0.3 is 10.5 Å². The predicted molar refractivity (Wildman–Crippen MR) is 53.2 cm³/mol. The summed E-state index contributed by atoms with van der Waals surface area (Å²) >= 11 is 0. The van der Waals surface area contributed by atoms with E-state index >= 15 is 0 Å². The first-order valence-corrected chi connectivity index (χ1v) is 4.65. The van der Waals surface area contributed by atoms with Crippen molar-refractivity contribution >= 4 is 5.97 Å². The van der Waals surface area contributed by atoms with Crippen LogP contribution in [0.15, 0.2) is 12.2 Å². The van der Waals surface area contributed by atoms with Crippen LogP contribution >= 0.6 is 0 Å². The van der Waals surface area contributed by atoms with Crippen LogP contribution in [-0.4, -0.2) is 19.6 Å². The Labute approximate surface area is 79.9 Å². The number of carbonyl (C=O) groups is 1. The summed E-state index contributed by atoms with van der Waals surface area (Å²) in [4.78, 5) is 10.6. The van der Waals surface area contributed by atoms with E-state index in [-0.39, 0.29) is 5.97 Å². The number of allylic oxidation sites excluding steroid dienone is 1. The fraction of sp³-hybridized carbons (Fsp3) is 0.700. The number of hydrogen-bond acceptors (Lipinski definition) is 3. The molecule has 0 aliphatic carbocycles. The van der Waals surface area contributed by atoms with Gasteiger partial charge in [0.05, 0.1) is 7.11 Å². The number of hydrogen-bond donors (Lipinski definition) is 1. The zero-order valence-corrected chi connectivity index (χ0v) is 8.45. The SMILES string of the molecule is COC(=O)/C=C/CCCC(C)CN. The fourth-order valence-electron chi connectivity index (χ4n) is 0.950. The van der Waals surface area contributed by atoms with Crippen LogP contribution in [0, 0.1) is 5.92 Å². The number of esters is 1. The summed E-state index contributed by atoms with van der Waals surface area (Å²) in [7, 11) is 1.38. The molecule has 0 spiro atoms. The summed E-state index contributed by atoms with van der Waals surface area (Å²) in [6.45, 7) is 2.87. The Balaban J connectivity index is 3.35. The molecule has 0 aromatic heterocycles. The Morgan fingerprint density at radius 3 is 2.85 bits per heavy atom. The predicted octanol–water partition coefficient (Wildman–Crippen LogP) is 1.48. The third-order valence-electron chi connectivity index (χ3n) is 1.93. The average Bonchev–Trinajstić information content (AvgIpc) is 2.16. The molecule has 0 rings (SSSR count). The highest BCUT2D eigenvalue weighted by molar-refractivity contribution is 5.81. The van der Waals surface area contributed by atoms with Gasteiger partial charge in [-0.3, -0.25) is 0 Å². The van der Waals surface area contributed by atoms with E-state index < -0.39 is 0 Å². The Morgan fingerprint density at radius 2 is 2.31 bits per heavy atom. The number of ether oxygens (including phenoxy) is 1. The summed E-state index contributed by atoms with van der Waals surface area (Å²) in [6, 6.07) is 0. The molecular formula is C10H19NO2. The van der Waals surface area contributed by atoms with Crippen LogP contribution in [0.2, 0.25) is 0 Å². The van der Waals surface area contributed by atoms with Crippen LogP contribution in [0.1, 0.15) is 26.2 Å². The van der Waals surface area contributed by atoms with Crippen LogP contribution in [0.3, 0.4) is 0 Å². The van der Waals surface area contributed by atoms with Crippen molar-refractivity contribution in [1.82, 2.24) is 0 Å². The quantitative estimate of drug-likeness (QED) is 0.387. The van der Waals surface area contributed by atoms with Crippen molar-refractivity contribution in [3.63, 3.8) is 0 Å². The van der Waals surface area contributed by atoms with Crippen LogP contribution in [-0.2, 0) is 9.53 Å². The van der Waals surface area contributed by atoms with Gasteiger partial charge in [0.2, 0.25) is 0 Å². The van der Waals surface area contributed by atoms with E-state index in [4.69, 9.17) is 5.73 Å². The summed E-state index contributed by atoms with van der Waals surface area (Å²) < 4.78 is 4.45. The first-order chi connectivity index (χ1) is 6.20. The molecule has 2 N–H and O–H groups in total. The summed E-state index contributed by atoms with van der Waals surface area (Å²) in [5.74, 6) is 0.290. The molecule has 0 bridgehead atoms. The summed E-state index contributed by atoms with van der Waals surface area (Å²) in [5.41, 5.74) is 5.46. The minimum atomic E-state index is -0.285. The highest BCUT2D eigenvalue weighted by Gasteiger charge is 1.96. The zero-order chi connectivity index (χ0) is 10.1. The topological polar surface area (TPSA) is 52.3 Å². The first kappa shape index (κ1) is 12.2. The minimum absolute atomic E-state index is 0.285. The lowest BCUT2D eigenvalue weighted by Crippen LogP contribution is -2.10.